The van der Waals surface area contributed by atoms with Gasteiger partial charge in [0.25, 0.3) is 5.91 Å². The summed E-state index contributed by atoms with van der Waals surface area (Å²) in [6.45, 7) is 6.49. The van der Waals surface area contributed by atoms with Crippen molar-refractivity contribution in [2.75, 3.05) is 11.4 Å². The molecule has 4 rings (SSSR count). The Morgan fingerprint density at radius 3 is 2.42 bits per heavy atom. The maximum Gasteiger partial charge on any atom is 0.258 e. The molecule has 0 aliphatic carbocycles. The van der Waals surface area contributed by atoms with Gasteiger partial charge in [-0.25, -0.2) is 0 Å². The van der Waals surface area contributed by atoms with E-state index in [0.29, 0.717) is 35.0 Å². The Morgan fingerprint density at radius 2 is 1.74 bits per heavy atom. The smallest absolute Gasteiger partial charge is 0.258 e. The van der Waals surface area contributed by atoms with E-state index >= 15 is 0 Å². The normalized spacial score (nSPS) is 14.0. The quantitative estimate of drug-likeness (QED) is 0.290. The van der Waals surface area contributed by atoms with Crippen molar-refractivity contribution in [3.63, 3.8) is 0 Å². The van der Waals surface area contributed by atoms with Crippen LogP contribution in [-0.2, 0) is 16.1 Å². The van der Waals surface area contributed by atoms with Crippen LogP contribution >= 0.6 is 23.2 Å². The van der Waals surface area contributed by atoms with Crippen molar-refractivity contribution in [3.8, 4) is 0 Å². The first-order valence-corrected chi connectivity index (χ1v) is 13.9. The SMILES string of the molecule is CC[C@H](C)NC(=O)[C@H](CC)N(Cc1ccc(Cl)c(Cl)c1)C(=O)CCCN1C(=O)c2cccc3cccc1c23. The first kappa shape index (κ1) is 27.9. The minimum Gasteiger partial charge on any atom is -0.352 e. The van der Waals surface area contributed by atoms with E-state index in [-0.39, 0.29) is 36.7 Å². The summed E-state index contributed by atoms with van der Waals surface area (Å²) in [6, 6.07) is 16.2. The van der Waals surface area contributed by atoms with E-state index < -0.39 is 6.04 Å². The molecule has 200 valence electrons. The van der Waals surface area contributed by atoms with E-state index in [2.05, 4.69) is 5.32 Å². The number of hydrogen-bond donors (Lipinski definition) is 1. The molecule has 3 aromatic carbocycles. The molecule has 1 N–H and O–H groups in total. The Kier molecular flexibility index (Phi) is 8.95. The molecular formula is C30H33Cl2N3O3. The van der Waals surface area contributed by atoms with E-state index in [1.807, 2.05) is 63.2 Å². The fraction of sp³-hybridized carbons (Fsp3) is 0.367. The minimum atomic E-state index is -0.627. The van der Waals surface area contributed by atoms with Crippen LogP contribution in [0.25, 0.3) is 10.8 Å². The second-order valence-electron chi connectivity index (χ2n) is 9.75. The monoisotopic (exact) mass is 553 g/mol. The van der Waals surface area contributed by atoms with E-state index in [9.17, 15) is 14.4 Å². The van der Waals surface area contributed by atoms with Crippen LogP contribution in [-0.4, -0.2) is 41.2 Å². The van der Waals surface area contributed by atoms with Gasteiger partial charge in [-0.15, -0.1) is 0 Å². The molecule has 6 nitrogen and oxygen atoms in total. The molecule has 3 amide bonds. The number of nitrogens with zero attached hydrogens (tertiary/aromatic N) is 2. The number of rotatable bonds is 11. The first-order valence-electron chi connectivity index (χ1n) is 13.1. The summed E-state index contributed by atoms with van der Waals surface area (Å²) in [5.74, 6) is -0.368. The maximum absolute atomic E-state index is 13.6. The number of halogens is 2. The van der Waals surface area contributed by atoms with Crippen molar-refractivity contribution in [2.45, 2.75) is 65.1 Å². The highest BCUT2D eigenvalue weighted by molar-refractivity contribution is 6.42. The van der Waals surface area contributed by atoms with Gasteiger partial charge in [-0.05, 0) is 61.4 Å². The zero-order chi connectivity index (χ0) is 27.4. The molecule has 1 aliphatic rings. The van der Waals surface area contributed by atoms with E-state index in [1.54, 1.807) is 21.9 Å². The molecule has 3 aromatic rings. The summed E-state index contributed by atoms with van der Waals surface area (Å²) in [6.07, 6.45) is 1.93. The second kappa shape index (κ2) is 12.2. The third-order valence-electron chi connectivity index (χ3n) is 7.15. The van der Waals surface area contributed by atoms with Crippen molar-refractivity contribution in [2.24, 2.45) is 0 Å². The van der Waals surface area contributed by atoms with Gasteiger partial charge in [0.05, 0.1) is 15.7 Å². The lowest BCUT2D eigenvalue weighted by molar-refractivity contribution is -0.141. The van der Waals surface area contributed by atoms with Crippen molar-refractivity contribution < 1.29 is 14.4 Å². The van der Waals surface area contributed by atoms with Gasteiger partial charge < -0.3 is 15.1 Å². The number of carbonyl (C=O) groups is 3. The fourth-order valence-electron chi connectivity index (χ4n) is 4.93. The predicted molar refractivity (Wildman–Crippen MR) is 154 cm³/mol. The van der Waals surface area contributed by atoms with E-state index in [1.165, 1.54) is 0 Å². The van der Waals surface area contributed by atoms with Crippen LogP contribution in [0.1, 0.15) is 62.4 Å². The topological polar surface area (TPSA) is 69.7 Å². The lowest BCUT2D eigenvalue weighted by Gasteiger charge is -2.32. The molecule has 0 radical (unpaired) electrons. The highest BCUT2D eigenvalue weighted by Gasteiger charge is 2.31. The Hall–Kier alpha value is -3.09. The van der Waals surface area contributed by atoms with Gasteiger partial charge in [-0.1, -0.05) is 67.4 Å². The van der Waals surface area contributed by atoms with Gasteiger partial charge in [0.2, 0.25) is 11.8 Å². The summed E-state index contributed by atoms with van der Waals surface area (Å²) in [7, 11) is 0. The van der Waals surface area contributed by atoms with Crippen LogP contribution < -0.4 is 10.2 Å². The third-order valence-corrected chi connectivity index (χ3v) is 7.88. The average Bonchev–Trinajstić information content (AvgIpc) is 3.18. The summed E-state index contributed by atoms with van der Waals surface area (Å²) in [5, 5.41) is 5.83. The molecule has 2 atom stereocenters. The van der Waals surface area contributed by atoms with Gasteiger partial charge in [0.1, 0.15) is 6.04 Å². The van der Waals surface area contributed by atoms with Crippen molar-refractivity contribution >= 4 is 57.4 Å². The number of hydrogen-bond acceptors (Lipinski definition) is 3. The summed E-state index contributed by atoms with van der Waals surface area (Å²) in [4.78, 5) is 43.3. The van der Waals surface area contributed by atoms with Gasteiger partial charge in [-0.2, -0.15) is 0 Å². The Morgan fingerprint density at radius 1 is 1.00 bits per heavy atom. The molecule has 0 unspecified atom stereocenters. The Labute approximate surface area is 233 Å². The molecule has 1 heterocycles. The lowest BCUT2D eigenvalue weighted by atomic mass is 10.1. The van der Waals surface area contributed by atoms with Crippen molar-refractivity contribution in [1.82, 2.24) is 10.2 Å². The zero-order valence-electron chi connectivity index (χ0n) is 22.0. The average molecular weight is 555 g/mol. The first-order chi connectivity index (χ1) is 18.2. The largest absolute Gasteiger partial charge is 0.352 e. The molecular weight excluding hydrogens is 521 g/mol. The van der Waals surface area contributed by atoms with Gasteiger partial charge in [-0.3, -0.25) is 14.4 Å². The van der Waals surface area contributed by atoms with Crippen LogP contribution in [0.5, 0.6) is 0 Å². The summed E-state index contributed by atoms with van der Waals surface area (Å²) in [5.41, 5.74) is 2.36. The molecule has 38 heavy (non-hydrogen) atoms. The highest BCUT2D eigenvalue weighted by atomic mass is 35.5. The van der Waals surface area contributed by atoms with E-state index in [0.717, 1.165) is 28.4 Å². The zero-order valence-corrected chi connectivity index (χ0v) is 23.5. The molecule has 0 saturated heterocycles. The number of benzene rings is 3. The van der Waals surface area contributed by atoms with Crippen LogP contribution in [0.2, 0.25) is 10.0 Å². The van der Waals surface area contributed by atoms with Crippen LogP contribution in [0.3, 0.4) is 0 Å². The standard InChI is InChI=1S/C30H33Cl2N3O3/c1-4-19(3)33-29(37)25(5-2)35(18-20-14-15-23(31)24(32)17-20)27(36)13-8-16-34-26-12-7-10-21-9-6-11-22(28(21)26)30(34)38/h6-7,9-12,14-15,17,19,25H,4-5,8,13,16,18H2,1-3H3,(H,33,37)/t19-,25-/m0/s1. The van der Waals surface area contributed by atoms with E-state index in [4.69, 9.17) is 23.2 Å². The molecule has 0 saturated carbocycles. The lowest BCUT2D eigenvalue weighted by Crippen LogP contribution is -2.50. The van der Waals surface area contributed by atoms with Crippen molar-refractivity contribution in [3.05, 3.63) is 75.8 Å². The molecule has 0 spiro atoms. The third kappa shape index (κ3) is 5.82. The second-order valence-corrected chi connectivity index (χ2v) is 10.6. The minimum absolute atomic E-state index is 0.00370. The van der Waals surface area contributed by atoms with Crippen molar-refractivity contribution in [1.29, 1.82) is 0 Å². The maximum atomic E-state index is 13.6. The highest BCUT2D eigenvalue weighted by Crippen LogP contribution is 2.37. The van der Waals surface area contributed by atoms with Gasteiger partial charge in [0, 0.05) is 36.5 Å². The van der Waals surface area contributed by atoms with Crippen LogP contribution in [0.4, 0.5) is 5.69 Å². The van der Waals surface area contributed by atoms with Crippen LogP contribution in [0, 0.1) is 0 Å². The molecule has 1 aliphatic heterocycles. The molecule has 0 fully saturated rings. The Balaban J connectivity index is 1.50. The molecule has 0 bridgehead atoms. The number of nitrogens with one attached hydrogen (secondary N) is 1. The molecule has 0 aromatic heterocycles. The van der Waals surface area contributed by atoms with Gasteiger partial charge >= 0.3 is 0 Å². The fourth-order valence-corrected chi connectivity index (χ4v) is 5.25. The summed E-state index contributed by atoms with van der Waals surface area (Å²) < 4.78 is 0. The number of anilines is 1. The number of amides is 3. The molecule has 8 heteroatoms. The number of carbonyl (C=O) groups excluding carboxylic acids is 3. The predicted octanol–water partition coefficient (Wildman–Crippen LogP) is 6.61. The summed E-state index contributed by atoms with van der Waals surface area (Å²) >= 11 is 12.3. The van der Waals surface area contributed by atoms with Gasteiger partial charge in [0.15, 0.2) is 0 Å². The Bertz CT molecular complexity index is 1350. The van der Waals surface area contributed by atoms with Crippen LogP contribution in [0.15, 0.2) is 54.6 Å².